The highest BCUT2D eigenvalue weighted by Gasteiger charge is 2.88. The second kappa shape index (κ2) is 9.57. The maximum Gasteiger partial charge on any atom is 0.490 e. The van der Waals surface area contributed by atoms with Gasteiger partial charge in [0, 0.05) is 53.3 Å². The number of amides is 2. The molecule has 0 spiro atoms. The van der Waals surface area contributed by atoms with Crippen LogP contribution >= 0.6 is 11.3 Å². The first-order valence-electron chi connectivity index (χ1n) is 13.2. The van der Waals surface area contributed by atoms with Gasteiger partial charge in [0.1, 0.15) is 0 Å². The van der Waals surface area contributed by atoms with Gasteiger partial charge in [-0.05, 0) is 30.7 Å². The Balaban J connectivity index is 1.31. The van der Waals surface area contributed by atoms with Crippen LogP contribution in [0.1, 0.15) is 30.0 Å². The number of fused-ring (bicyclic) bond motifs is 2. The third-order valence-electron chi connectivity index (χ3n) is 8.27. The van der Waals surface area contributed by atoms with Crippen molar-refractivity contribution in [3.05, 3.63) is 46.7 Å². The summed E-state index contributed by atoms with van der Waals surface area (Å²) >= 11 is 1.34. The summed E-state index contributed by atoms with van der Waals surface area (Å²) in [6, 6.07) is 5.58. The van der Waals surface area contributed by atoms with E-state index in [1.54, 1.807) is 18.5 Å². The number of rotatable bonds is 6. The Labute approximate surface area is 237 Å². The molecule has 5 heterocycles. The molecule has 3 atom stereocenters. The van der Waals surface area contributed by atoms with Crippen LogP contribution in [0.15, 0.2) is 30.6 Å². The number of nitrogens with one attached hydrogen (secondary N) is 1. The van der Waals surface area contributed by atoms with E-state index in [1.807, 2.05) is 19.1 Å². The number of nitrogens with zero attached hydrogens (tertiary/aromatic N) is 3. The molecule has 0 bridgehead atoms. The van der Waals surface area contributed by atoms with Gasteiger partial charge in [-0.3, -0.25) is 24.5 Å². The first kappa shape index (κ1) is 27.7. The molecule has 0 aromatic carbocycles. The van der Waals surface area contributed by atoms with E-state index in [4.69, 9.17) is 9.47 Å². The summed E-state index contributed by atoms with van der Waals surface area (Å²) in [6.45, 7) is 6.88. The number of likely N-dealkylation sites (tertiary alicyclic amines) is 1. The molecule has 3 fully saturated rings. The highest BCUT2D eigenvalue weighted by atomic mass is 32.1. The van der Waals surface area contributed by atoms with Crippen molar-refractivity contribution in [2.24, 2.45) is 11.3 Å². The van der Waals surface area contributed by atoms with Gasteiger partial charge in [-0.2, -0.15) is 13.2 Å². The van der Waals surface area contributed by atoms with Gasteiger partial charge >= 0.3 is 12.1 Å². The molecule has 216 valence electrons. The summed E-state index contributed by atoms with van der Waals surface area (Å²) in [5.41, 5.74) is 0.998. The number of piperidine rings is 1. The van der Waals surface area contributed by atoms with Crippen LogP contribution in [0.3, 0.4) is 0 Å². The maximum atomic E-state index is 13.4. The minimum Gasteiger partial charge on any atom is -0.441 e. The fourth-order valence-electron chi connectivity index (χ4n) is 6.17. The van der Waals surface area contributed by atoms with Gasteiger partial charge in [0.05, 0.1) is 41.1 Å². The van der Waals surface area contributed by atoms with Gasteiger partial charge in [0.25, 0.3) is 5.91 Å². The smallest absolute Gasteiger partial charge is 0.441 e. The van der Waals surface area contributed by atoms with Crippen LogP contribution in [0.2, 0.25) is 0 Å². The van der Waals surface area contributed by atoms with E-state index in [0.29, 0.717) is 23.4 Å². The monoisotopic (exact) mass is 588 g/mol. The molecule has 2 amide bonds. The second-order valence-electron chi connectivity index (χ2n) is 11.1. The zero-order valence-corrected chi connectivity index (χ0v) is 23.3. The number of aromatic nitrogens is 2. The van der Waals surface area contributed by atoms with E-state index < -0.39 is 40.9 Å². The van der Waals surface area contributed by atoms with E-state index in [-0.39, 0.29) is 12.6 Å². The van der Waals surface area contributed by atoms with Crippen molar-refractivity contribution in [2.75, 3.05) is 19.7 Å². The van der Waals surface area contributed by atoms with Crippen molar-refractivity contribution >= 4 is 39.3 Å². The van der Waals surface area contributed by atoms with Gasteiger partial charge in [-0.25, -0.2) is 4.79 Å². The van der Waals surface area contributed by atoms with Crippen LogP contribution in [-0.2, 0) is 36.8 Å². The number of aryl methyl sites for hydroxylation is 1. The minimum absolute atomic E-state index is 0.0188. The summed E-state index contributed by atoms with van der Waals surface area (Å²) in [5, 5.41) is 3.33. The Kier molecular flexibility index (Phi) is 6.47. The number of esters is 1. The molecule has 41 heavy (non-hydrogen) atoms. The highest BCUT2D eigenvalue weighted by molar-refractivity contribution is 7.19. The molecule has 13 heteroatoms. The van der Waals surface area contributed by atoms with Crippen LogP contribution in [0, 0.1) is 18.3 Å². The van der Waals surface area contributed by atoms with Crippen LogP contribution in [0.4, 0.5) is 13.2 Å². The normalized spacial score (nSPS) is 25.5. The molecular weight excluding hydrogens is 561 g/mol. The van der Waals surface area contributed by atoms with E-state index >= 15 is 0 Å². The molecular formula is C28H27F3N4O5S. The van der Waals surface area contributed by atoms with Crippen molar-refractivity contribution in [1.82, 2.24) is 20.2 Å². The molecule has 3 aromatic heterocycles. The molecule has 3 unspecified atom stereocenters. The van der Waals surface area contributed by atoms with E-state index in [0.717, 1.165) is 45.1 Å². The average molecular weight is 589 g/mol. The lowest BCUT2D eigenvalue weighted by atomic mass is 9.96. The average Bonchev–Trinajstić information content (AvgIpc) is 3.14. The lowest BCUT2D eigenvalue weighted by Gasteiger charge is -2.24. The van der Waals surface area contributed by atoms with E-state index in [9.17, 15) is 27.6 Å². The predicted molar refractivity (Wildman–Crippen MR) is 142 cm³/mol. The van der Waals surface area contributed by atoms with Crippen LogP contribution < -0.4 is 5.32 Å². The molecule has 9 nitrogen and oxygen atoms in total. The number of halogens is 3. The minimum atomic E-state index is -5.29. The summed E-state index contributed by atoms with van der Waals surface area (Å²) in [7, 11) is 0. The van der Waals surface area contributed by atoms with Crippen molar-refractivity contribution in [1.29, 1.82) is 0 Å². The highest BCUT2D eigenvalue weighted by Crippen LogP contribution is 2.69. The third-order valence-corrected chi connectivity index (χ3v) is 9.41. The fraction of sp³-hybridized carbons (Fsp3) is 0.464. The number of carbonyl (C=O) groups is 3. The SMILES string of the molecule is Cc1ccnc(CC2CNCCO2)c1-c1ccnc2cc(CN3C(=O)C4C(C)(C)C4(OC(=O)C(F)(F)F)C3=O)sc12. The Bertz CT molecular complexity index is 1580. The van der Waals surface area contributed by atoms with Crippen LogP contribution in [0.25, 0.3) is 21.3 Å². The number of pyridine rings is 2. The molecule has 2 saturated heterocycles. The van der Waals surface area contributed by atoms with Gasteiger partial charge < -0.3 is 14.8 Å². The fourth-order valence-corrected chi connectivity index (χ4v) is 7.29. The van der Waals surface area contributed by atoms with Gasteiger partial charge in [0.2, 0.25) is 11.5 Å². The Hall–Kier alpha value is -3.42. The number of morpholine rings is 1. The zero-order chi connectivity index (χ0) is 29.3. The van der Waals surface area contributed by atoms with E-state index in [1.165, 1.54) is 25.2 Å². The molecule has 2 aliphatic heterocycles. The molecule has 6 rings (SSSR count). The van der Waals surface area contributed by atoms with Crippen molar-refractivity contribution < 1.29 is 37.0 Å². The number of hydrogen-bond acceptors (Lipinski definition) is 9. The van der Waals surface area contributed by atoms with Crippen LogP contribution in [0.5, 0.6) is 0 Å². The molecule has 0 radical (unpaired) electrons. The number of alkyl halides is 3. The van der Waals surface area contributed by atoms with Crippen molar-refractivity contribution in [3.8, 4) is 11.1 Å². The number of carbonyl (C=O) groups excluding carboxylic acids is 3. The zero-order valence-electron chi connectivity index (χ0n) is 22.5. The number of thiophene rings is 1. The van der Waals surface area contributed by atoms with Gasteiger partial charge in [-0.1, -0.05) is 13.8 Å². The predicted octanol–water partition coefficient (Wildman–Crippen LogP) is 3.57. The molecule has 3 aromatic rings. The Morgan fingerprint density at radius 3 is 2.71 bits per heavy atom. The quantitative estimate of drug-likeness (QED) is 0.344. The maximum absolute atomic E-state index is 13.4. The van der Waals surface area contributed by atoms with Crippen molar-refractivity contribution in [3.63, 3.8) is 0 Å². The third kappa shape index (κ3) is 4.32. The first-order chi connectivity index (χ1) is 19.4. The molecule has 1 aliphatic carbocycles. The topological polar surface area (TPSA) is 111 Å². The lowest BCUT2D eigenvalue weighted by Crippen LogP contribution is -2.45. The van der Waals surface area contributed by atoms with Gasteiger partial charge in [0.15, 0.2) is 0 Å². The Morgan fingerprint density at radius 1 is 1.24 bits per heavy atom. The Morgan fingerprint density at radius 2 is 2.00 bits per heavy atom. The summed E-state index contributed by atoms with van der Waals surface area (Å²) in [5.74, 6) is -5.25. The molecule has 1 saturated carbocycles. The molecule has 1 N–H and O–H groups in total. The van der Waals surface area contributed by atoms with E-state index in [2.05, 4.69) is 15.3 Å². The van der Waals surface area contributed by atoms with Crippen LogP contribution in [-0.4, -0.2) is 70.2 Å². The molecule has 3 aliphatic rings. The first-order valence-corrected chi connectivity index (χ1v) is 14.0. The summed E-state index contributed by atoms with van der Waals surface area (Å²) in [6.07, 6.45) is -1.25. The largest absolute Gasteiger partial charge is 0.490 e. The summed E-state index contributed by atoms with van der Waals surface area (Å²) < 4.78 is 50.4. The number of hydrogen-bond donors (Lipinski definition) is 1. The standard InChI is InChI=1S/C28H27F3N4O5S/c1-14-4-6-33-18(10-15-12-32-8-9-39-15)20(14)17-5-7-34-19-11-16(41-21(17)19)13-35-23(36)22-26(2,3)27(22,24(35)37)40-25(38)28(29,30)31/h4-7,11,15,22,32H,8-10,12-13H2,1-3H3. The van der Waals surface area contributed by atoms with Crippen molar-refractivity contribution in [2.45, 2.75) is 51.6 Å². The summed E-state index contributed by atoms with van der Waals surface area (Å²) in [4.78, 5) is 48.9. The number of imide groups is 1. The second-order valence-corrected chi connectivity index (χ2v) is 12.3. The lowest BCUT2D eigenvalue weighted by molar-refractivity contribution is -0.209. The van der Waals surface area contributed by atoms with Gasteiger partial charge in [-0.15, -0.1) is 11.3 Å². The number of ether oxygens (including phenoxy) is 2.